The Labute approximate surface area is 171 Å². The zero-order valence-corrected chi connectivity index (χ0v) is 18.0. The maximum atomic E-state index is 12.4. The molecule has 0 aliphatic rings. The molecule has 0 aliphatic heterocycles. The van der Waals surface area contributed by atoms with Crippen molar-refractivity contribution in [2.24, 2.45) is 0 Å². The molecular weight excluding hydrogens is 378 g/mol. The quantitative estimate of drug-likeness (QED) is 0.452. The van der Waals surface area contributed by atoms with Gasteiger partial charge in [-0.1, -0.05) is 51.4 Å². The Morgan fingerprint density at radius 1 is 1.11 bits per heavy atom. The molecule has 1 amide bonds. The minimum Gasteiger partial charge on any atom is -0.481 e. The zero-order chi connectivity index (χ0) is 19.9. The highest BCUT2D eigenvalue weighted by Crippen LogP contribution is 2.25. The summed E-state index contributed by atoms with van der Waals surface area (Å²) in [6.45, 7) is 9.07. The van der Waals surface area contributed by atoms with E-state index >= 15 is 0 Å². The summed E-state index contributed by atoms with van der Waals surface area (Å²) in [5, 5.41) is 3.69. The summed E-state index contributed by atoms with van der Waals surface area (Å²) in [7, 11) is 0. The Morgan fingerprint density at radius 2 is 1.74 bits per heavy atom. The van der Waals surface area contributed by atoms with E-state index in [1.165, 1.54) is 5.56 Å². The standard InChI is InChI=1S/C22H28ClNO2S/c1-5-20(26-18-10-6-16(7-11-18)22(2,3)4)21(25)24-14-15-27-19-12-8-17(23)9-13-19/h6-13,20H,5,14-15H2,1-4H3,(H,24,25). The third-order valence-corrected chi connectivity index (χ3v) is 5.41. The molecule has 2 aromatic carbocycles. The van der Waals surface area contributed by atoms with Crippen LogP contribution < -0.4 is 10.1 Å². The summed E-state index contributed by atoms with van der Waals surface area (Å²) in [6.07, 6.45) is 0.142. The maximum absolute atomic E-state index is 12.4. The summed E-state index contributed by atoms with van der Waals surface area (Å²) < 4.78 is 5.89. The van der Waals surface area contributed by atoms with E-state index in [0.29, 0.717) is 13.0 Å². The lowest BCUT2D eigenvalue weighted by Crippen LogP contribution is -2.39. The van der Waals surface area contributed by atoms with E-state index in [1.807, 2.05) is 43.3 Å². The van der Waals surface area contributed by atoms with E-state index in [1.54, 1.807) is 11.8 Å². The molecule has 2 rings (SSSR count). The highest BCUT2D eigenvalue weighted by atomic mass is 35.5. The molecule has 1 N–H and O–H groups in total. The van der Waals surface area contributed by atoms with Gasteiger partial charge in [0.15, 0.2) is 6.10 Å². The van der Waals surface area contributed by atoms with Gasteiger partial charge in [-0.15, -0.1) is 11.8 Å². The van der Waals surface area contributed by atoms with E-state index in [2.05, 4.69) is 38.2 Å². The fourth-order valence-electron chi connectivity index (χ4n) is 2.51. The van der Waals surface area contributed by atoms with Crippen LogP contribution in [0.2, 0.25) is 5.02 Å². The second-order valence-electron chi connectivity index (χ2n) is 7.38. The SMILES string of the molecule is CCC(Oc1ccc(C(C)(C)C)cc1)C(=O)NCCSc1ccc(Cl)cc1. The van der Waals surface area contributed by atoms with Crippen molar-refractivity contribution >= 4 is 29.3 Å². The van der Waals surface area contributed by atoms with Gasteiger partial charge in [0.1, 0.15) is 5.75 Å². The number of carbonyl (C=O) groups is 1. The molecule has 0 heterocycles. The van der Waals surface area contributed by atoms with Crippen LogP contribution in [0.15, 0.2) is 53.4 Å². The highest BCUT2D eigenvalue weighted by molar-refractivity contribution is 7.99. The van der Waals surface area contributed by atoms with Gasteiger partial charge < -0.3 is 10.1 Å². The average Bonchev–Trinajstić information content (AvgIpc) is 2.64. The number of hydrogen-bond acceptors (Lipinski definition) is 3. The predicted octanol–water partition coefficient (Wildman–Crippen LogP) is 5.70. The van der Waals surface area contributed by atoms with Crippen molar-refractivity contribution < 1.29 is 9.53 Å². The van der Waals surface area contributed by atoms with Crippen molar-refractivity contribution in [1.29, 1.82) is 0 Å². The molecule has 1 unspecified atom stereocenters. The first-order chi connectivity index (χ1) is 12.8. The molecule has 1 atom stereocenters. The first-order valence-corrected chi connectivity index (χ1v) is 10.6. The van der Waals surface area contributed by atoms with Gasteiger partial charge in [-0.25, -0.2) is 0 Å². The number of hydrogen-bond donors (Lipinski definition) is 1. The molecule has 0 saturated heterocycles. The van der Waals surface area contributed by atoms with Gasteiger partial charge in [0.2, 0.25) is 0 Å². The van der Waals surface area contributed by atoms with Crippen LogP contribution in [0.4, 0.5) is 0 Å². The van der Waals surface area contributed by atoms with Crippen molar-refractivity contribution in [2.75, 3.05) is 12.3 Å². The van der Waals surface area contributed by atoms with E-state index in [0.717, 1.165) is 21.4 Å². The number of amides is 1. The summed E-state index contributed by atoms with van der Waals surface area (Å²) in [4.78, 5) is 13.5. The van der Waals surface area contributed by atoms with Gasteiger partial charge in [-0.2, -0.15) is 0 Å². The van der Waals surface area contributed by atoms with Gasteiger partial charge >= 0.3 is 0 Å². The molecule has 27 heavy (non-hydrogen) atoms. The van der Waals surface area contributed by atoms with Crippen LogP contribution in [0.1, 0.15) is 39.7 Å². The molecule has 0 aliphatic carbocycles. The molecule has 0 aromatic heterocycles. The van der Waals surface area contributed by atoms with Crippen molar-refractivity contribution in [3.8, 4) is 5.75 Å². The zero-order valence-electron chi connectivity index (χ0n) is 16.4. The number of rotatable bonds is 8. The normalized spacial score (nSPS) is 12.5. The molecular formula is C22H28ClNO2S. The molecule has 3 nitrogen and oxygen atoms in total. The van der Waals surface area contributed by atoms with E-state index in [4.69, 9.17) is 16.3 Å². The number of ether oxygens (including phenoxy) is 1. The summed E-state index contributed by atoms with van der Waals surface area (Å²) in [5.74, 6) is 1.44. The van der Waals surface area contributed by atoms with Crippen LogP contribution in [0.5, 0.6) is 5.75 Å². The second kappa shape index (κ2) is 10.0. The fourth-order valence-corrected chi connectivity index (χ4v) is 3.40. The van der Waals surface area contributed by atoms with Gasteiger partial charge in [-0.05, 0) is 53.8 Å². The van der Waals surface area contributed by atoms with Crippen molar-refractivity contribution in [3.63, 3.8) is 0 Å². The van der Waals surface area contributed by atoms with Crippen LogP contribution in [0.3, 0.4) is 0 Å². The number of benzene rings is 2. The monoisotopic (exact) mass is 405 g/mol. The smallest absolute Gasteiger partial charge is 0.261 e. The molecule has 0 spiro atoms. The van der Waals surface area contributed by atoms with E-state index in [-0.39, 0.29) is 11.3 Å². The van der Waals surface area contributed by atoms with Crippen molar-refractivity contribution in [1.82, 2.24) is 5.32 Å². The molecule has 0 radical (unpaired) electrons. The van der Waals surface area contributed by atoms with Gasteiger partial charge in [0.25, 0.3) is 5.91 Å². The summed E-state index contributed by atoms with van der Waals surface area (Å²) in [6, 6.07) is 15.7. The van der Waals surface area contributed by atoms with E-state index in [9.17, 15) is 4.79 Å². The molecule has 0 bridgehead atoms. The minimum atomic E-state index is -0.481. The third kappa shape index (κ3) is 7.11. The minimum absolute atomic E-state index is 0.0749. The van der Waals surface area contributed by atoms with Gasteiger partial charge in [0, 0.05) is 22.2 Å². The molecule has 2 aromatic rings. The third-order valence-electron chi connectivity index (χ3n) is 4.15. The average molecular weight is 406 g/mol. The lowest BCUT2D eigenvalue weighted by Gasteiger charge is -2.21. The number of halogens is 1. The number of thioether (sulfide) groups is 1. The Morgan fingerprint density at radius 3 is 2.30 bits per heavy atom. The van der Waals surface area contributed by atoms with Gasteiger partial charge in [-0.3, -0.25) is 4.79 Å². The van der Waals surface area contributed by atoms with Crippen LogP contribution in [0, 0.1) is 0 Å². The highest BCUT2D eigenvalue weighted by Gasteiger charge is 2.19. The lowest BCUT2D eigenvalue weighted by molar-refractivity contribution is -0.127. The fraction of sp³-hybridized carbons (Fsp3) is 0.409. The topological polar surface area (TPSA) is 38.3 Å². The second-order valence-corrected chi connectivity index (χ2v) is 8.99. The first kappa shape index (κ1) is 21.6. The summed E-state index contributed by atoms with van der Waals surface area (Å²) in [5.41, 5.74) is 1.34. The molecule has 0 saturated carbocycles. The van der Waals surface area contributed by atoms with Gasteiger partial charge in [0.05, 0.1) is 0 Å². The Hall–Kier alpha value is -1.65. The van der Waals surface area contributed by atoms with Crippen LogP contribution in [-0.4, -0.2) is 24.3 Å². The molecule has 146 valence electrons. The van der Waals surface area contributed by atoms with Crippen molar-refractivity contribution in [2.45, 2.75) is 50.5 Å². The van der Waals surface area contributed by atoms with Crippen molar-refractivity contribution in [3.05, 3.63) is 59.1 Å². The Balaban J connectivity index is 1.80. The van der Waals surface area contributed by atoms with Crippen LogP contribution >= 0.6 is 23.4 Å². The largest absolute Gasteiger partial charge is 0.481 e. The first-order valence-electron chi connectivity index (χ1n) is 9.23. The van der Waals surface area contributed by atoms with E-state index < -0.39 is 6.10 Å². The lowest BCUT2D eigenvalue weighted by atomic mass is 9.87. The predicted molar refractivity (Wildman–Crippen MR) is 115 cm³/mol. The van der Waals surface area contributed by atoms with Crippen LogP contribution in [0.25, 0.3) is 0 Å². The number of nitrogens with one attached hydrogen (secondary N) is 1. The Bertz CT molecular complexity index is 723. The number of carbonyl (C=O) groups excluding carboxylic acids is 1. The Kier molecular flexibility index (Phi) is 8.06. The van der Waals surface area contributed by atoms with Crippen LogP contribution in [-0.2, 0) is 10.2 Å². The summed E-state index contributed by atoms with van der Waals surface area (Å²) >= 11 is 7.57. The molecule has 5 heteroatoms. The molecule has 0 fully saturated rings. The maximum Gasteiger partial charge on any atom is 0.261 e.